The molecule has 180 valence electrons. The highest BCUT2D eigenvalue weighted by Gasteiger charge is 2.23. The Labute approximate surface area is 225 Å². The van der Waals surface area contributed by atoms with Crippen LogP contribution in [0.3, 0.4) is 0 Å². The predicted octanol–water partition coefficient (Wildman–Crippen LogP) is 10.9. The first kappa shape index (κ1) is 20.9. The van der Waals surface area contributed by atoms with Gasteiger partial charge in [0, 0.05) is 10.9 Å². The molecule has 0 aromatic heterocycles. The van der Waals surface area contributed by atoms with E-state index in [4.69, 9.17) is 4.74 Å². The molecule has 0 fully saturated rings. The Balaban J connectivity index is 1.36. The summed E-state index contributed by atoms with van der Waals surface area (Å²) in [4.78, 5) is 0. The summed E-state index contributed by atoms with van der Waals surface area (Å²) in [5.41, 5.74) is 4.80. The molecule has 0 saturated heterocycles. The normalized spacial score (nSPS) is 12.3. The van der Waals surface area contributed by atoms with Gasteiger partial charge >= 0.3 is 0 Å². The van der Waals surface area contributed by atoms with Gasteiger partial charge in [0.1, 0.15) is 11.5 Å². The molecular formula is C38H22O. The smallest absolute Gasteiger partial charge is 0.136 e. The van der Waals surface area contributed by atoms with Gasteiger partial charge in [0.25, 0.3) is 0 Å². The molecule has 39 heavy (non-hydrogen) atoms. The standard InChI is InChI=1S/C38H22O/c1-5-12-29-23(8-1)16-17-26-20-24-9-3-6-13-30(24)37(36(26)29)27-18-19-31-33-15-7-14-32-28-11-4-2-10-25(28)21-35(38(32)33)39-34(31)22-27/h1-22H. The molecule has 1 heteroatoms. The van der Waals surface area contributed by atoms with Crippen LogP contribution in [0.25, 0.3) is 76.1 Å². The lowest BCUT2D eigenvalue weighted by molar-refractivity contribution is 0.488. The van der Waals surface area contributed by atoms with Crippen LogP contribution in [0.4, 0.5) is 0 Å². The van der Waals surface area contributed by atoms with Crippen LogP contribution < -0.4 is 4.74 Å². The summed E-state index contributed by atoms with van der Waals surface area (Å²) in [6.45, 7) is 0. The lowest BCUT2D eigenvalue weighted by Gasteiger charge is -2.23. The third-order valence-corrected chi connectivity index (χ3v) is 8.38. The third kappa shape index (κ3) is 2.90. The molecule has 0 amide bonds. The molecule has 0 saturated carbocycles. The second kappa shape index (κ2) is 7.69. The zero-order valence-corrected chi connectivity index (χ0v) is 21.1. The van der Waals surface area contributed by atoms with E-state index in [9.17, 15) is 0 Å². The molecule has 0 spiro atoms. The monoisotopic (exact) mass is 494 g/mol. The van der Waals surface area contributed by atoms with Crippen LogP contribution in [0.1, 0.15) is 0 Å². The van der Waals surface area contributed by atoms with E-state index in [1.165, 1.54) is 70.6 Å². The number of fused-ring (bicyclic) bond motifs is 8. The summed E-state index contributed by atoms with van der Waals surface area (Å²) in [6.07, 6.45) is 0. The zero-order valence-electron chi connectivity index (χ0n) is 21.1. The van der Waals surface area contributed by atoms with Gasteiger partial charge in [-0.15, -0.1) is 0 Å². The quantitative estimate of drug-likeness (QED) is 0.163. The van der Waals surface area contributed by atoms with E-state index in [0.717, 1.165) is 17.1 Å². The van der Waals surface area contributed by atoms with Gasteiger partial charge in [0.05, 0.1) is 0 Å². The Bertz CT molecular complexity index is 2310. The average Bonchev–Trinajstić information content (AvgIpc) is 2.99. The largest absolute Gasteiger partial charge is 0.456 e. The Kier molecular flexibility index (Phi) is 4.11. The van der Waals surface area contributed by atoms with Gasteiger partial charge in [0.2, 0.25) is 0 Å². The van der Waals surface area contributed by atoms with Gasteiger partial charge in [-0.2, -0.15) is 0 Å². The lowest BCUT2D eigenvalue weighted by Crippen LogP contribution is -1.98. The maximum Gasteiger partial charge on any atom is 0.136 e. The van der Waals surface area contributed by atoms with Gasteiger partial charge in [-0.25, -0.2) is 0 Å². The minimum atomic E-state index is 0.907. The number of hydrogen-bond acceptors (Lipinski definition) is 1. The summed E-state index contributed by atoms with van der Waals surface area (Å²) in [5, 5.41) is 12.5. The summed E-state index contributed by atoms with van der Waals surface area (Å²) in [6, 6.07) is 48.3. The number of hydrogen-bond donors (Lipinski definition) is 0. The van der Waals surface area contributed by atoms with E-state index in [1.54, 1.807) is 0 Å². The first-order valence-electron chi connectivity index (χ1n) is 13.4. The van der Waals surface area contributed by atoms with Crippen molar-refractivity contribution in [3.8, 4) is 33.8 Å². The van der Waals surface area contributed by atoms with Gasteiger partial charge < -0.3 is 4.74 Å². The summed E-state index contributed by atoms with van der Waals surface area (Å²) in [5.74, 6) is 1.83. The fourth-order valence-electron chi connectivity index (χ4n) is 6.67. The Morgan fingerprint density at radius 3 is 1.92 bits per heavy atom. The van der Waals surface area contributed by atoms with Crippen molar-refractivity contribution < 1.29 is 4.74 Å². The molecule has 1 aliphatic rings. The van der Waals surface area contributed by atoms with Gasteiger partial charge in [-0.05, 0) is 89.4 Å². The van der Waals surface area contributed by atoms with Gasteiger partial charge in [-0.1, -0.05) is 109 Å². The lowest BCUT2D eigenvalue weighted by atomic mass is 9.87. The molecule has 1 aliphatic heterocycles. The minimum absolute atomic E-state index is 0.907. The van der Waals surface area contributed by atoms with Crippen molar-refractivity contribution in [1.82, 2.24) is 0 Å². The molecule has 0 N–H and O–H groups in total. The van der Waals surface area contributed by atoms with Crippen molar-refractivity contribution in [2.75, 3.05) is 0 Å². The molecule has 0 bridgehead atoms. The molecule has 8 aromatic rings. The zero-order chi connectivity index (χ0) is 25.5. The molecular weight excluding hydrogens is 472 g/mol. The molecule has 1 nitrogen and oxygen atoms in total. The fraction of sp³-hybridized carbons (Fsp3) is 0. The van der Waals surface area contributed by atoms with Crippen molar-refractivity contribution >= 4 is 53.9 Å². The molecule has 9 rings (SSSR count). The molecule has 0 atom stereocenters. The van der Waals surface area contributed by atoms with E-state index < -0.39 is 0 Å². The average molecular weight is 495 g/mol. The maximum absolute atomic E-state index is 6.73. The maximum atomic E-state index is 6.73. The minimum Gasteiger partial charge on any atom is -0.456 e. The summed E-state index contributed by atoms with van der Waals surface area (Å²) in [7, 11) is 0. The van der Waals surface area contributed by atoms with Crippen molar-refractivity contribution in [2.24, 2.45) is 0 Å². The van der Waals surface area contributed by atoms with E-state index >= 15 is 0 Å². The fourth-order valence-corrected chi connectivity index (χ4v) is 6.67. The Morgan fingerprint density at radius 2 is 1.05 bits per heavy atom. The van der Waals surface area contributed by atoms with Crippen LogP contribution in [-0.2, 0) is 0 Å². The van der Waals surface area contributed by atoms with Gasteiger partial charge in [-0.3, -0.25) is 0 Å². The first-order chi connectivity index (χ1) is 19.3. The molecule has 0 radical (unpaired) electrons. The van der Waals surface area contributed by atoms with Crippen molar-refractivity contribution in [1.29, 1.82) is 0 Å². The molecule has 0 unspecified atom stereocenters. The predicted molar refractivity (Wildman–Crippen MR) is 165 cm³/mol. The summed E-state index contributed by atoms with van der Waals surface area (Å²) < 4.78 is 6.73. The highest BCUT2D eigenvalue weighted by molar-refractivity contribution is 6.22. The van der Waals surface area contributed by atoms with Crippen molar-refractivity contribution in [3.05, 3.63) is 133 Å². The van der Waals surface area contributed by atoms with Crippen molar-refractivity contribution in [2.45, 2.75) is 0 Å². The number of ether oxygens (including phenoxy) is 1. The third-order valence-electron chi connectivity index (χ3n) is 8.38. The molecule has 8 aromatic carbocycles. The summed E-state index contributed by atoms with van der Waals surface area (Å²) >= 11 is 0. The number of rotatable bonds is 1. The Hall–Kier alpha value is -5.14. The highest BCUT2D eigenvalue weighted by atomic mass is 16.5. The van der Waals surface area contributed by atoms with Crippen LogP contribution in [0.5, 0.6) is 11.5 Å². The van der Waals surface area contributed by atoms with E-state index in [-0.39, 0.29) is 0 Å². The SMILES string of the molecule is c1ccc2c(-c3ccc4c(c3)Oc3cc5ccccc5c5cccc-4c35)c3c(ccc4ccccc43)cc2c1. The van der Waals surface area contributed by atoms with E-state index in [1.807, 2.05) is 0 Å². The van der Waals surface area contributed by atoms with Crippen molar-refractivity contribution in [3.63, 3.8) is 0 Å². The van der Waals surface area contributed by atoms with Crippen LogP contribution in [0.15, 0.2) is 133 Å². The number of benzene rings is 8. The van der Waals surface area contributed by atoms with E-state index in [2.05, 4.69) is 133 Å². The van der Waals surface area contributed by atoms with Crippen LogP contribution in [0, 0.1) is 0 Å². The van der Waals surface area contributed by atoms with Crippen LogP contribution in [0.2, 0.25) is 0 Å². The molecule has 1 heterocycles. The van der Waals surface area contributed by atoms with Gasteiger partial charge in [0.15, 0.2) is 0 Å². The second-order valence-corrected chi connectivity index (χ2v) is 10.5. The topological polar surface area (TPSA) is 9.23 Å². The highest BCUT2D eigenvalue weighted by Crippen LogP contribution is 2.50. The second-order valence-electron chi connectivity index (χ2n) is 10.5. The van der Waals surface area contributed by atoms with E-state index in [0.29, 0.717) is 0 Å². The van der Waals surface area contributed by atoms with Crippen LogP contribution >= 0.6 is 0 Å². The first-order valence-corrected chi connectivity index (χ1v) is 13.4. The Morgan fingerprint density at radius 1 is 0.359 bits per heavy atom. The van der Waals surface area contributed by atoms with Crippen LogP contribution in [-0.4, -0.2) is 0 Å². The molecule has 0 aliphatic carbocycles.